The first-order valence-electron chi connectivity index (χ1n) is 12.9. The van der Waals surface area contributed by atoms with Crippen LogP contribution in [0, 0.1) is 5.92 Å². The first-order chi connectivity index (χ1) is 18.2. The molecule has 2 aliphatic heterocycles. The average molecular weight is 516 g/mol. The third-order valence-corrected chi connectivity index (χ3v) is 6.81. The molecule has 1 amide bonds. The molecule has 1 aromatic heterocycles. The fraction of sp³-hybridized carbons (Fsp3) is 0.367. The number of nitrogens with zero attached hydrogens (tertiary/aromatic N) is 3. The molecule has 0 spiro atoms. The molecule has 5 rings (SSSR count). The van der Waals surface area contributed by atoms with Gasteiger partial charge < -0.3 is 23.9 Å². The molecule has 1 N–H and O–H groups in total. The number of aromatic hydroxyl groups is 1. The topological polar surface area (TPSA) is 96.9 Å². The molecule has 2 aromatic carbocycles. The van der Waals surface area contributed by atoms with E-state index in [0.717, 1.165) is 36.1 Å². The van der Waals surface area contributed by atoms with Crippen molar-refractivity contribution in [2.75, 3.05) is 20.2 Å². The number of amides is 1. The molecule has 0 saturated carbocycles. The summed E-state index contributed by atoms with van der Waals surface area (Å²) in [4.78, 5) is 14.1. The Hall–Kier alpha value is -4.07. The van der Waals surface area contributed by atoms with Crippen LogP contribution < -0.4 is 4.74 Å². The number of likely N-dealkylation sites (tertiary alicyclic amines) is 1. The molecule has 198 valence electrons. The van der Waals surface area contributed by atoms with Crippen LogP contribution in [0.3, 0.4) is 0 Å². The Morgan fingerprint density at radius 3 is 2.66 bits per heavy atom. The van der Waals surface area contributed by atoms with Gasteiger partial charge in [0.15, 0.2) is 11.5 Å². The van der Waals surface area contributed by atoms with Gasteiger partial charge in [0, 0.05) is 24.7 Å². The van der Waals surface area contributed by atoms with Crippen molar-refractivity contribution in [3.63, 3.8) is 0 Å². The maximum atomic E-state index is 12.3. The lowest BCUT2D eigenvalue weighted by Crippen LogP contribution is -2.41. The van der Waals surface area contributed by atoms with Crippen molar-refractivity contribution in [3.8, 4) is 11.5 Å². The molecule has 3 heterocycles. The van der Waals surface area contributed by atoms with Gasteiger partial charge in [-0.25, -0.2) is 4.79 Å². The monoisotopic (exact) mass is 515 g/mol. The van der Waals surface area contributed by atoms with Crippen molar-refractivity contribution in [2.24, 2.45) is 16.1 Å². The quantitative estimate of drug-likeness (QED) is 0.374. The lowest BCUT2D eigenvalue weighted by atomic mass is 9.93. The van der Waals surface area contributed by atoms with Gasteiger partial charge in [-0.1, -0.05) is 30.4 Å². The molecule has 8 nitrogen and oxygen atoms in total. The summed E-state index contributed by atoms with van der Waals surface area (Å²) in [6, 6.07) is 11.3. The molecular formula is C30H33N3O5. The predicted molar refractivity (Wildman–Crippen MR) is 147 cm³/mol. The highest BCUT2D eigenvalue weighted by molar-refractivity contribution is 5.97. The number of carbonyl (C=O) groups excluding carboxylic acids is 1. The highest BCUT2D eigenvalue weighted by Crippen LogP contribution is 2.42. The van der Waals surface area contributed by atoms with Gasteiger partial charge in [-0.3, -0.25) is 0 Å². The fourth-order valence-electron chi connectivity index (χ4n) is 4.83. The van der Waals surface area contributed by atoms with Crippen molar-refractivity contribution in [3.05, 3.63) is 59.4 Å². The second-order valence-electron chi connectivity index (χ2n) is 10.7. The van der Waals surface area contributed by atoms with Gasteiger partial charge in [0.2, 0.25) is 0 Å². The number of carbonyl (C=O) groups is 1. The number of furan rings is 1. The number of hydrogen-bond donors (Lipinski definition) is 1. The zero-order valence-electron chi connectivity index (χ0n) is 22.2. The van der Waals surface area contributed by atoms with Gasteiger partial charge in [0.1, 0.15) is 16.9 Å². The van der Waals surface area contributed by atoms with Gasteiger partial charge in [-0.05, 0) is 64.2 Å². The number of methoxy groups -OCH3 is 1. The van der Waals surface area contributed by atoms with Crippen LogP contribution in [0.15, 0.2) is 57.1 Å². The van der Waals surface area contributed by atoms with Crippen LogP contribution >= 0.6 is 0 Å². The minimum Gasteiger partial charge on any atom is -0.504 e. The van der Waals surface area contributed by atoms with Gasteiger partial charge in [0.05, 0.1) is 29.4 Å². The number of piperidine rings is 1. The minimum atomic E-state index is -0.487. The lowest BCUT2D eigenvalue weighted by molar-refractivity contribution is 0.0185. The van der Waals surface area contributed by atoms with E-state index >= 15 is 0 Å². The fourth-order valence-corrected chi connectivity index (χ4v) is 4.83. The molecule has 38 heavy (non-hydrogen) atoms. The molecular weight excluding hydrogens is 482 g/mol. The zero-order chi connectivity index (χ0) is 26.9. The van der Waals surface area contributed by atoms with E-state index in [1.54, 1.807) is 24.2 Å². The zero-order valence-corrected chi connectivity index (χ0v) is 22.2. The molecule has 0 aliphatic carbocycles. The average Bonchev–Trinajstić information content (AvgIpc) is 3.44. The van der Waals surface area contributed by atoms with Crippen molar-refractivity contribution < 1.29 is 23.8 Å². The SMILES string of the molecule is COc1ccc2c(O)c(C=C3N=Nc4ccccc43)oc2c1/C=C\CC1CCN(C(=O)OC(C)(C)C)CC1. The normalized spacial score (nSPS) is 17.1. The minimum absolute atomic E-state index is 0.0545. The Bertz CT molecular complexity index is 1440. The van der Waals surface area contributed by atoms with Gasteiger partial charge in [0.25, 0.3) is 0 Å². The van der Waals surface area contributed by atoms with E-state index < -0.39 is 5.60 Å². The third kappa shape index (κ3) is 5.30. The molecule has 0 atom stereocenters. The van der Waals surface area contributed by atoms with Crippen LogP contribution in [0.4, 0.5) is 10.5 Å². The van der Waals surface area contributed by atoms with Crippen LogP contribution in [0.25, 0.3) is 28.8 Å². The van der Waals surface area contributed by atoms with Crippen LogP contribution in [-0.2, 0) is 4.74 Å². The first kappa shape index (κ1) is 25.6. The van der Waals surface area contributed by atoms with Crippen molar-refractivity contribution in [1.82, 2.24) is 4.90 Å². The molecule has 0 unspecified atom stereocenters. The predicted octanol–water partition coefficient (Wildman–Crippen LogP) is 7.79. The van der Waals surface area contributed by atoms with E-state index in [9.17, 15) is 9.90 Å². The van der Waals surface area contributed by atoms with E-state index in [-0.39, 0.29) is 11.8 Å². The molecule has 2 aliphatic rings. The summed E-state index contributed by atoms with van der Waals surface area (Å²) >= 11 is 0. The highest BCUT2D eigenvalue weighted by Gasteiger charge is 2.26. The molecule has 8 heteroatoms. The number of rotatable bonds is 5. The van der Waals surface area contributed by atoms with Crippen LogP contribution in [0.1, 0.15) is 56.9 Å². The molecule has 1 saturated heterocycles. The summed E-state index contributed by atoms with van der Waals surface area (Å²) in [7, 11) is 1.62. The van der Waals surface area contributed by atoms with E-state index in [2.05, 4.69) is 16.3 Å². The number of benzene rings is 2. The van der Waals surface area contributed by atoms with E-state index in [4.69, 9.17) is 13.9 Å². The molecule has 0 bridgehead atoms. The van der Waals surface area contributed by atoms with Gasteiger partial charge in [-0.2, -0.15) is 0 Å². The number of ether oxygens (including phenoxy) is 2. The largest absolute Gasteiger partial charge is 0.504 e. The number of fused-ring (bicyclic) bond motifs is 2. The maximum Gasteiger partial charge on any atom is 0.410 e. The van der Waals surface area contributed by atoms with Crippen molar-refractivity contribution >= 4 is 40.6 Å². The third-order valence-electron chi connectivity index (χ3n) is 6.81. The first-order valence-corrected chi connectivity index (χ1v) is 12.9. The summed E-state index contributed by atoms with van der Waals surface area (Å²) in [6.45, 7) is 7.03. The Kier molecular flexibility index (Phi) is 6.97. The Balaban J connectivity index is 1.32. The van der Waals surface area contributed by atoms with Crippen molar-refractivity contribution in [1.29, 1.82) is 0 Å². The highest BCUT2D eigenvalue weighted by atomic mass is 16.6. The summed E-state index contributed by atoms with van der Waals surface area (Å²) < 4.78 is 17.3. The van der Waals surface area contributed by atoms with Crippen LogP contribution in [-0.4, -0.2) is 41.9 Å². The summed E-state index contributed by atoms with van der Waals surface area (Å²) in [5.74, 6) is 1.50. The van der Waals surface area contributed by atoms with Crippen molar-refractivity contribution in [2.45, 2.75) is 45.6 Å². The second-order valence-corrected chi connectivity index (χ2v) is 10.7. The Labute approximate surface area is 222 Å². The number of allylic oxidation sites excluding steroid dienone is 1. The number of hydrogen-bond acceptors (Lipinski definition) is 7. The van der Waals surface area contributed by atoms with Gasteiger partial charge in [-0.15, -0.1) is 10.2 Å². The molecule has 3 aromatic rings. The number of azo groups is 1. The summed E-state index contributed by atoms with van der Waals surface area (Å²) in [6.07, 6.45) is 8.27. The van der Waals surface area contributed by atoms with E-state index in [0.29, 0.717) is 47.2 Å². The lowest BCUT2D eigenvalue weighted by Gasteiger charge is -2.33. The second kappa shape index (κ2) is 10.4. The smallest absolute Gasteiger partial charge is 0.410 e. The molecule has 0 radical (unpaired) electrons. The van der Waals surface area contributed by atoms with E-state index in [1.807, 2.05) is 57.2 Å². The Morgan fingerprint density at radius 1 is 1.16 bits per heavy atom. The standard InChI is InChI=1S/C30H33N3O5/c1-30(2,3)38-29(35)33-16-14-19(15-17-33)8-7-10-21-25(36-4)13-12-22-27(34)26(37-28(21)22)18-24-20-9-5-6-11-23(20)31-32-24/h5-7,9-13,18-19,34H,8,14-17H2,1-4H3/b10-7-,24-18?. The molecule has 1 fully saturated rings. The Morgan fingerprint density at radius 2 is 1.92 bits per heavy atom. The van der Waals surface area contributed by atoms with Crippen LogP contribution in [0.2, 0.25) is 0 Å². The summed E-state index contributed by atoms with van der Waals surface area (Å²) in [5, 5.41) is 20.0. The summed E-state index contributed by atoms with van der Waals surface area (Å²) in [5.41, 5.74) is 3.15. The maximum absolute atomic E-state index is 12.3. The van der Waals surface area contributed by atoms with Crippen LogP contribution in [0.5, 0.6) is 11.5 Å². The van der Waals surface area contributed by atoms with E-state index in [1.165, 1.54) is 0 Å². The van der Waals surface area contributed by atoms with Gasteiger partial charge >= 0.3 is 6.09 Å².